The Hall–Kier alpha value is -1.06. The standard InChI is InChI=1S/C9H10ClN3/c10-9-12-7-3-1-2-4-8(7)13(9)6-5-11/h1-4H,5-6,11H2. The average Bonchev–Trinajstić information content (AvgIpc) is 2.44. The van der Waals surface area contributed by atoms with Gasteiger partial charge in [-0.15, -0.1) is 0 Å². The number of nitrogens with two attached hydrogens (primary N) is 1. The number of nitrogens with zero attached hydrogens (tertiary/aromatic N) is 2. The van der Waals surface area contributed by atoms with Crippen LogP contribution in [0.4, 0.5) is 0 Å². The van der Waals surface area contributed by atoms with Gasteiger partial charge in [0.15, 0.2) is 0 Å². The first kappa shape index (κ1) is 8.53. The molecule has 0 aliphatic rings. The van der Waals surface area contributed by atoms with E-state index in [1.54, 1.807) is 0 Å². The maximum Gasteiger partial charge on any atom is 0.203 e. The third kappa shape index (κ3) is 1.41. The predicted octanol–water partition coefficient (Wildman–Crippen LogP) is 1.65. The summed E-state index contributed by atoms with van der Waals surface area (Å²) in [4.78, 5) is 4.20. The van der Waals surface area contributed by atoms with Gasteiger partial charge in [0.05, 0.1) is 11.0 Å². The number of imidazole rings is 1. The van der Waals surface area contributed by atoms with E-state index in [0.29, 0.717) is 18.4 Å². The number of hydrogen-bond acceptors (Lipinski definition) is 2. The fourth-order valence-corrected chi connectivity index (χ4v) is 1.65. The minimum atomic E-state index is 0.506. The van der Waals surface area contributed by atoms with Crippen molar-refractivity contribution in [2.45, 2.75) is 6.54 Å². The lowest BCUT2D eigenvalue weighted by atomic mass is 10.3. The third-order valence-electron chi connectivity index (χ3n) is 1.96. The molecule has 0 aliphatic heterocycles. The normalized spacial score (nSPS) is 10.9. The molecule has 2 aromatic rings. The highest BCUT2D eigenvalue weighted by atomic mass is 35.5. The lowest BCUT2D eigenvalue weighted by Gasteiger charge is -2.01. The van der Waals surface area contributed by atoms with Gasteiger partial charge in [-0.05, 0) is 23.7 Å². The zero-order chi connectivity index (χ0) is 9.26. The molecule has 0 radical (unpaired) electrons. The fraction of sp³-hybridized carbons (Fsp3) is 0.222. The van der Waals surface area contributed by atoms with Crippen molar-refractivity contribution in [2.75, 3.05) is 6.54 Å². The number of halogens is 1. The maximum absolute atomic E-state index is 5.94. The van der Waals surface area contributed by atoms with Crippen molar-refractivity contribution < 1.29 is 0 Å². The molecule has 0 bridgehead atoms. The third-order valence-corrected chi connectivity index (χ3v) is 2.25. The number of rotatable bonds is 2. The van der Waals surface area contributed by atoms with Gasteiger partial charge >= 0.3 is 0 Å². The van der Waals surface area contributed by atoms with Gasteiger partial charge in [-0.25, -0.2) is 4.98 Å². The molecule has 4 heteroatoms. The Morgan fingerprint density at radius 1 is 1.38 bits per heavy atom. The zero-order valence-electron chi connectivity index (χ0n) is 7.07. The fourth-order valence-electron chi connectivity index (χ4n) is 1.39. The second kappa shape index (κ2) is 3.36. The van der Waals surface area contributed by atoms with Crippen LogP contribution in [0.1, 0.15) is 0 Å². The molecular formula is C9H10ClN3. The van der Waals surface area contributed by atoms with E-state index in [1.165, 1.54) is 0 Å². The van der Waals surface area contributed by atoms with E-state index in [1.807, 2.05) is 28.8 Å². The van der Waals surface area contributed by atoms with Gasteiger partial charge in [-0.3, -0.25) is 0 Å². The van der Waals surface area contributed by atoms with Crippen molar-refractivity contribution in [1.82, 2.24) is 9.55 Å². The largest absolute Gasteiger partial charge is 0.329 e. The molecule has 0 saturated heterocycles. The van der Waals surface area contributed by atoms with Crippen LogP contribution < -0.4 is 5.73 Å². The summed E-state index contributed by atoms with van der Waals surface area (Å²) >= 11 is 5.94. The first-order valence-corrected chi connectivity index (χ1v) is 4.51. The zero-order valence-corrected chi connectivity index (χ0v) is 7.83. The van der Waals surface area contributed by atoms with E-state index in [0.717, 1.165) is 11.0 Å². The molecule has 0 spiro atoms. The molecule has 1 aromatic carbocycles. The number of benzene rings is 1. The van der Waals surface area contributed by atoms with Crippen LogP contribution in [-0.2, 0) is 6.54 Å². The van der Waals surface area contributed by atoms with E-state index in [2.05, 4.69) is 4.98 Å². The minimum absolute atomic E-state index is 0.506. The van der Waals surface area contributed by atoms with Gasteiger partial charge < -0.3 is 10.3 Å². The topological polar surface area (TPSA) is 43.8 Å². The molecule has 0 unspecified atom stereocenters. The van der Waals surface area contributed by atoms with Gasteiger partial charge in [0.2, 0.25) is 5.28 Å². The number of fused-ring (bicyclic) bond motifs is 1. The lowest BCUT2D eigenvalue weighted by Crippen LogP contribution is -2.09. The Bertz CT molecular complexity index is 422. The molecule has 1 heterocycles. The van der Waals surface area contributed by atoms with Crippen LogP contribution in [0.2, 0.25) is 5.28 Å². The molecule has 68 valence electrons. The van der Waals surface area contributed by atoms with E-state index in [9.17, 15) is 0 Å². The summed E-state index contributed by atoms with van der Waals surface area (Å²) in [6, 6.07) is 7.84. The maximum atomic E-state index is 5.94. The molecule has 13 heavy (non-hydrogen) atoms. The summed E-state index contributed by atoms with van der Waals surface area (Å²) in [5.74, 6) is 0. The van der Waals surface area contributed by atoms with Crippen molar-refractivity contribution in [3.05, 3.63) is 29.5 Å². The van der Waals surface area contributed by atoms with Gasteiger partial charge in [-0.2, -0.15) is 0 Å². The Labute approximate surface area is 81.1 Å². The Morgan fingerprint density at radius 2 is 2.15 bits per heavy atom. The smallest absolute Gasteiger partial charge is 0.203 e. The second-order valence-corrected chi connectivity index (χ2v) is 3.15. The van der Waals surface area contributed by atoms with Gasteiger partial charge in [0, 0.05) is 13.1 Å². The number of aromatic nitrogens is 2. The quantitative estimate of drug-likeness (QED) is 0.792. The highest BCUT2D eigenvalue weighted by Gasteiger charge is 2.05. The molecule has 2 N–H and O–H groups in total. The molecule has 0 atom stereocenters. The van der Waals surface area contributed by atoms with Crippen molar-refractivity contribution in [3.63, 3.8) is 0 Å². The van der Waals surface area contributed by atoms with E-state index in [4.69, 9.17) is 17.3 Å². The summed E-state index contributed by atoms with van der Waals surface area (Å²) in [6.45, 7) is 1.28. The van der Waals surface area contributed by atoms with E-state index >= 15 is 0 Å². The summed E-state index contributed by atoms with van der Waals surface area (Å²) in [5, 5.41) is 0.506. The first-order chi connectivity index (χ1) is 6.33. The molecular weight excluding hydrogens is 186 g/mol. The first-order valence-electron chi connectivity index (χ1n) is 4.14. The minimum Gasteiger partial charge on any atom is -0.329 e. The molecule has 0 aliphatic carbocycles. The van der Waals surface area contributed by atoms with Crippen LogP contribution >= 0.6 is 11.6 Å². The SMILES string of the molecule is NCCn1c(Cl)nc2ccccc21. The highest BCUT2D eigenvalue weighted by molar-refractivity contribution is 6.29. The van der Waals surface area contributed by atoms with Crippen molar-refractivity contribution in [2.24, 2.45) is 5.73 Å². The molecule has 0 amide bonds. The van der Waals surface area contributed by atoms with Crippen molar-refractivity contribution in [1.29, 1.82) is 0 Å². The van der Waals surface area contributed by atoms with Crippen LogP contribution in [-0.4, -0.2) is 16.1 Å². The number of para-hydroxylation sites is 2. The van der Waals surface area contributed by atoms with E-state index < -0.39 is 0 Å². The molecule has 2 rings (SSSR count). The Morgan fingerprint density at radius 3 is 2.92 bits per heavy atom. The van der Waals surface area contributed by atoms with Crippen LogP contribution in [0.15, 0.2) is 24.3 Å². The van der Waals surface area contributed by atoms with Gasteiger partial charge in [0.1, 0.15) is 0 Å². The van der Waals surface area contributed by atoms with Crippen LogP contribution in [0.3, 0.4) is 0 Å². The predicted molar refractivity (Wildman–Crippen MR) is 53.8 cm³/mol. The number of hydrogen-bond donors (Lipinski definition) is 1. The Balaban J connectivity index is 2.64. The summed E-state index contributed by atoms with van der Waals surface area (Å²) < 4.78 is 1.91. The molecule has 1 aromatic heterocycles. The van der Waals surface area contributed by atoms with Gasteiger partial charge in [0.25, 0.3) is 0 Å². The van der Waals surface area contributed by atoms with Crippen molar-refractivity contribution >= 4 is 22.6 Å². The highest BCUT2D eigenvalue weighted by Crippen LogP contribution is 2.18. The van der Waals surface area contributed by atoms with Gasteiger partial charge in [-0.1, -0.05) is 12.1 Å². The van der Waals surface area contributed by atoms with Crippen LogP contribution in [0, 0.1) is 0 Å². The molecule has 0 fully saturated rings. The molecule has 0 saturated carbocycles. The van der Waals surface area contributed by atoms with Crippen molar-refractivity contribution in [3.8, 4) is 0 Å². The summed E-state index contributed by atoms with van der Waals surface area (Å²) in [5.41, 5.74) is 7.43. The average molecular weight is 196 g/mol. The molecule has 3 nitrogen and oxygen atoms in total. The lowest BCUT2D eigenvalue weighted by molar-refractivity contribution is 0.729. The van der Waals surface area contributed by atoms with Crippen LogP contribution in [0.5, 0.6) is 0 Å². The Kier molecular flexibility index (Phi) is 2.20. The van der Waals surface area contributed by atoms with E-state index in [-0.39, 0.29) is 0 Å². The summed E-state index contributed by atoms with van der Waals surface area (Å²) in [7, 11) is 0. The summed E-state index contributed by atoms with van der Waals surface area (Å²) in [6.07, 6.45) is 0. The van der Waals surface area contributed by atoms with Crippen LogP contribution in [0.25, 0.3) is 11.0 Å². The monoisotopic (exact) mass is 195 g/mol. The second-order valence-electron chi connectivity index (χ2n) is 2.81.